The molecule has 0 aromatic heterocycles. The zero-order chi connectivity index (χ0) is 27.2. The SMILES string of the molecule is O=C1C(=O)c2cc(N(c3ccc(CCCCO)cc3)c3ccc(CCCCO)cc3)ccc2-c2ccccc21. The van der Waals surface area contributed by atoms with E-state index in [1.807, 2.05) is 30.3 Å². The first-order valence-electron chi connectivity index (χ1n) is 13.6. The molecule has 1 aliphatic carbocycles. The van der Waals surface area contributed by atoms with Crippen LogP contribution in [-0.2, 0) is 12.8 Å². The van der Waals surface area contributed by atoms with Crippen LogP contribution in [0, 0.1) is 0 Å². The van der Waals surface area contributed by atoms with E-state index in [1.165, 1.54) is 11.1 Å². The standard InChI is InChI=1S/C34H33NO4/c36-21-5-3-7-24-11-15-26(16-12-24)35(27-17-13-25(14-18-27)8-4-6-22-37)28-19-20-30-29-9-1-2-10-31(29)33(38)34(39)32(30)23-28/h1-2,9-20,23,36-37H,3-8,21-22H2. The molecule has 0 fully saturated rings. The molecular formula is C34H33NO4. The molecule has 5 rings (SSSR count). The number of hydrogen-bond acceptors (Lipinski definition) is 5. The molecule has 0 bridgehead atoms. The minimum Gasteiger partial charge on any atom is -0.396 e. The van der Waals surface area contributed by atoms with Crippen molar-refractivity contribution in [1.29, 1.82) is 0 Å². The highest BCUT2D eigenvalue weighted by molar-refractivity contribution is 6.53. The predicted molar refractivity (Wildman–Crippen MR) is 155 cm³/mol. The van der Waals surface area contributed by atoms with Crippen molar-refractivity contribution >= 4 is 28.6 Å². The number of Topliss-reactive ketones (excluding diaryl/α,β-unsaturated/α-hetero) is 2. The van der Waals surface area contributed by atoms with Gasteiger partial charge < -0.3 is 15.1 Å². The molecule has 4 aromatic carbocycles. The summed E-state index contributed by atoms with van der Waals surface area (Å²) in [6, 6.07) is 29.8. The lowest BCUT2D eigenvalue weighted by Gasteiger charge is -2.27. The highest BCUT2D eigenvalue weighted by Crippen LogP contribution is 2.40. The Morgan fingerprint density at radius 1 is 0.487 bits per heavy atom. The Labute approximate surface area is 229 Å². The zero-order valence-electron chi connectivity index (χ0n) is 22.0. The number of nitrogens with zero attached hydrogens (tertiary/aromatic N) is 1. The molecule has 0 heterocycles. The second-order valence-electron chi connectivity index (χ2n) is 9.96. The van der Waals surface area contributed by atoms with Crippen LogP contribution in [0.4, 0.5) is 17.1 Å². The van der Waals surface area contributed by atoms with Gasteiger partial charge in [-0.3, -0.25) is 9.59 Å². The monoisotopic (exact) mass is 519 g/mol. The second-order valence-corrected chi connectivity index (χ2v) is 9.96. The molecule has 0 saturated carbocycles. The Kier molecular flexibility index (Phi) is 8.30. The van der Waals surface area contributed by atoms with Gasteiger partial charge in [-0.05, 0) is 97.2 Å². The van der Waals surface area contributed by atoms with E-state index in [0.717, 1.165) is 66.7 Å². The summed E-state index contributed by atoms with van der Waals surface area (Å²) in [5.74, 6) is -0.953. The Balaban J connectivity index is 1.54. The average Bonchev–Trinajstić information content (AvgIpc) is 2.98. The van der Waals surface area contributed by atoms with Crippen LogP contribution in [0.1, 0.15) is 57.5 Å². The minimum atomic E-state index is -0.482. The van der Waals surface area contributed by atoms with Gasteiger partial charge in [-0.25, -0.2) is 0 Å². The van der Waals surface area contributed by atoms with Gasteiger partial charge in [0.05, 0.1) is 0 Å². The Morgan fingerprint density at radius 3 is 1.49 bits per heavy atom. The number of aryl methyl sites for hydroxylation is 2. The number of aliphatic hydroxyl groups is 2. The second kappa shape index (κ2) is 12.2. The van der Waals surface area contributed by atoms with Crippen LogP contribution < -0.4 is 4.90 Å². The van der Waals surface area contributed by atoms with Crippen molar-refractivity contribution in [1.82, 2.24) is 0 Å². The predicted octanol–water partition coefficient (Wildman–Crippen LogP) is 6.83. The van der Waals surface area contributed by atoms with Crippen LogP contribution in [0.25, 0.3) is 11.1 Å². The highest BCUT2D eigenvalue weighted by atomic mass is 16.3. The number of anilines is 3. The van der Waals surface area contributed by atoms with Crippen molar-refractivity contribution in [2.45, 2.75) is 38.5 Å². The number of carbonyl (C=O) groups excluding carboxylic acids is 2. The summed E-state index contributed by atoms with van der Waals surface area (Å²) in [6.07, 6.45) is 5.23. The van der Waals surface area contributed by atoms with E-state index in [1.54, 1.807) is 12.1 Å². The molecule has 39 heavy (non-hydrogen) atoms. The van der Waals surface area contributed by atoms with E-state index in [2.05, 4.69) is 53.4 Å². The third-order valence-electron chi connectivity index (χ3n) is 7.31. The molecule has 4 aromatic rings. The fraction of sp³-hybridized carbons (Fsp3) is 0.235. The van der Waals surface area contributed by atoms with E-state index < -0.39 is 11.6 Å². The molecule has 0 aliphatic heterocycles. The number of carbonyl (C=O) groups is 2. The third-order valence-corrected chi connectivity index (χ3v) is 7.31. The lowest BCUT2D eigenvalue weighted by atomic mass is 9.83. The average molecular weight is 520 g/mol. The van der Waals surface area contributed by atoms with Crippen LogP contribution >= 0.6 is 0 Å². The minimum absolute atomic E-state index is 0.200. The van der Waals surface area contributed by atoms with Gasteiger partial charge in [-0.1, -0.05) is 54.6 Å². The van der Waals surface area contributed by atoms with E-state index >= 15 is 0 Å². The Hall–Kier alpha value is -4.06. The van der Waals surface area contributed by atoms with Crippen molar-refractivity contribution in [2.24, 2.45) is 0 Å². The first-order valence-corrected chi connectivity index (χ1v) is 13.6. The van der Waals surface area contributed by atoms with Crippen molar-refractivity contribution < 1.29 is 19.8 Å². The van der Waals surface area contributed by atoms with Crippen LogP contribution in [0.5, 0.6) is 0 Å². The largest absolute Gasteiger partial charge is 0.396 e. The summed E-state index contributed by atoms with van der Waals surface area (Å²) in [4.78, 5) is 28.2. The molecule has 198 valence electrons. The number of unbranched alkanes of at least 4 members (excludes halogenated alkanes) is 2. The lowest BCUT2D eigenvalue weighted by Crippen LogP contribution is -2.22. The third kappa shape index (κ3) is 5.70. The van der Waals surface area contributed by atoms with Crippen LogP contribution in [0.15, 0.2) is 91.0 Å². The molecule has 1 aliphatic rings. The molecule has 0 radical (unpaired) electrons. The molecule has 2 N–H and O–H groups in total. The number of ketones is 2. The van der Waals surface area contributed by atoms with Crippen LogP contribution in [0.3, 0.4) is 0 Å². The molecular weight excluding hydrogens is 486 g/mol. The van der Waals surface area contributed by atoms with Gasteiger partial charge >= 0.3 is 0 Å². The van der Waals surface area contributed by atoms with Crippen molar-refractivity contribution in [3.05, 3.63) is 113 Å². The first-order chi connectivity index (χ1) is 19.1. The maximum absolute atomic E-state index is 13.2. The topological polar surface area (TPSA) is 77.8 Å². The van der Waals surface area contributed by atoms with Gasteiger partial charge in [-0.15, -0.1) is 0 Å². The summed E-state index contributed by atoms with van der Waals surface area (Å²) < 4.78 is 0. The number of benzene rings is 4. The molecule has 5 nitrogen and oxygen atoms in total. The van der Waals surface area contributed by atoms with Gasteiger partial charge in [0.15, 0.2) is 0 Å². The molecule has 0 amide bonds. The van der Waals surface area contributed by atoms with Gasteiger partial charge in [0.25, 0.3) is 0 Å². The van der Waals surface area contributed by atoms with E-state index in [0.29, 0.717) is 11.1 Å². The van der Waals surface area contributed by atoms with Crippen LogP contribution in [0.2, 0.25) is 0 Å². The molecule has 0 unspecified atom stereocenters. The van der Waals surface area contributed by atoms with Gasteiger partial charge in [0.1, 0.15) is 0 Å². The van der Waals surface area contributed by atoms with Gasteiger partial charge in [-0.2, -0.15) is 0 Å². The first kappa shape index (κ1) is 26.5. The zero-order valence-corrected chi connectivity index (χ0v) is 22.0. The summed E-state index contributed by atoms with van der Waals surface area (Å²) in [7, 11) is 0. The highest BCUT2D eigenvalue weighted by Gasteiger charge is 2.31. The fourth-order valence-electron chi connectivity index (χ4n) is 5.21. The number of hydrogen-bond donors (Lipinski definition) is 2. The fourth-order valence-corrected chi connectivity index (χ4v) is 5.21. The van der Waals surface area contributed by atoms with Gasteiger partial charge in [0.2, 0.25) is 11.6 Å². The number of aliphatic hydroxyl groups excluding tert-OH is 2. The number of fused-ring (bicyclic) bond motifs is 3. The van der Waals surface area contributed by atoms with Crippen molar-refractivity contribution in [3.63, 3.8) is 0 Å². The lowest BCUT2D eigenvalue weighted by molar-refractivity contribution is 0.0815. The summed E-state index contributed by atoms with van der Waals surface area (Å²) in [5.41, 5.74) is 7.54. The molecule has 0 atom stereocenters. The Bertz CT molecular complexity index is 1400. The smallest absolute Gasteiger partial charge is 0.234 e. The summed E-state index contributed by atoms with van der Waals surface area (Å²) >= 11 is 0. The Morgan fingerprint density at radius 2 is 0.949 bits per heavy atom. The van der Waals surface area contributed by atoms with Crippen molar-refractivity contribution in [3.8, 4) is 11.1 Å². The molecule has 0 spiro atoms. The maximum atomic E-state index is 13.2. The quantitative estimate of drug-likeness (QED) is 0.168. The summed E-state index contributed by atoms with van der Waals surface area (Å²) in [5, 5.41) is 18.2. The van der Waals surface area contributed by atoms with E-state index in [4.69, 9.17) is 10.2 Å². The maximum Gasteiger partial charge on any atom is 0.234 e. The summed E-state index contributed by atoms with van der Waals surface area (Å²) in [6.45, 7) is 0.401. The molecule has 0 saturated heterocycles. The van der Waals surface area contributed by atoms with E-state index in [9.17, 15) is 9.59 Å². The molecule has 5 heteroatoms. The normalized spacial score (nSPS) is 12.3. The van der Waals surface area contributed by atoms with Gasteiger partial charge in [0, 0.05) is 41.4 Å². The van der Waals surface area contributed by atoms with Crippen molar-refractivity contribution in [2.75, 3.05) is 18.1 Å². The number of rotatable bonds is 11. The van der Waals surface area contributed by atoms with E-state index in [-0.39, 0.29) is 13.2 Å². The van der Waals surface area contributed by atoms with Crippen LogP contribution in [-0.4, -0.2) is 35.0 Å².